The van der Waals surface area contributed by atoms with Gasteiger partial charge >= 0.3 is 0 Å². The van der Waals surface area contributed by atoms with Gasteiger partial charge in [-0.15, -0.1) is 0 Å². The minimum absolute atomic E-state index is 0.0290. The average molecular weight is 498 g/mol. The second-order valence-corrected chi connectivity index (χ2v) is 9.42. The van der Waals surface area contributed by atoms with Gasteiger partial charge in [-0.1, -0.05) is 23.7 Å². The Morgan fingerprint density at radius 3 is 2.46 bits per heavy atom. The van der Waals surface area contributed by atoms with E-state index in [2.05, 4.69) is 16.9 Å². The van der Waals surface area contributed by atoms with Gasteiger partial charge in [0.1, 0.15) is 11.6 Å². The smallest absolute Gasteiger partial charge is 0.253 e. The molecule has 0 saturated carbocycles. The zero-order valence-corrected chi connectivity index (χ0v) is 20.2. The quantitative estimate of drug-likeness (QED) is 0.500. The van der Waals surface area contributed by atoms with Crippen LogP contribution in [0.4, 0.5) is 14.6 Å². The first-order valence-electron chi connectivity index (χ1n) is 11.7. The summed E-state index contributed by atoms with van der Waals surface area (Å²) in [6.45, 7) is 3.92. The number of anilines is 1. The predicted molar refractivity (Wildman–Crippen MR) is 132 cm³/mol. The molecule has 35 heavy (non-hydrogen) atoms. The summed E-state index contributed by atoms with van der Waals surface area (Å²) in [6.07, 6.45) is 3.31. The van der Waals surface area contributed by atoms with Crippen molar-refractivity contribution in [3.8, 4) is 11.3 Å². The van der Waals surface area contributed by atoms with Crippen LogP contribution in [0.3, 0.4) is 0 Å². The van der Waals surface area contributed by atoms with Gasteiger partial charge < -0.3 is 14.7 Å². The minimum Gasteiger partial charge on any atom is -0.351 e. The van der Waals surface area contributed by atoms with Crippen LogP contribution >= 0.6 is 11.6 Å². The van der Waals surface area contributed by atoms with Crippen molar-refractivity contribution in [1.29, 1.82) is 0 Å². The van der Waals surface area contributed by atoms with Gasteiger partial charge in [-0.25, -0.2) is 13.8 Å². The molecule has 0 bridgehead atoms. The Balaban J connectivity index is 1.38. The van der Waals surface area contributed by atoms with E-state index in [9.17, 15) is 13.6 Å². The molecule has 0 N–H and O–H groups in total. The number of aromatic nitrogens is 2. The Morgan fingerprint density at radius 2 is 1.71 bits per heavy atom. The third-order valence-corrected chi connectivity index (χ3v) is 7.08. The van der Waals surface area contributed by atoms with Crippen molar-refractivity contribution < 1.29 is 13.6 Å². The maximum atomic E-state index is 14.4. The average Bonchev–Trinajstić information content (AvgIpc) is 2.89. The van der Waals surface area contributed by atoms with E-state index in [0.29, 0.717) is 23.6 Å². The number of rotatable bonds is 4. The molecule has 0 aliphatic carbocycles. The number of nitrogens with zero attached hydrogens (tertiary/aromatic N) is 5. The first-order valence-corrected chi connectivity index (χ1v) is 12.1. The van der Waals surface area contributed by atoms with E-state index in [-0.39, 0.29) is 23.0 Å². The molecule has 1 fully saturated rings. The van der Waals surface area contributed by atoms with Crippen molar-refractivity contribution in [2.24, 2.45) is 0 Å². The molecule has 1 aromatic heterocycles. The predicted octanol–water partition coefficient (Wildman–Crippen LogP) is 4.42. The lowest BCUT2D eigenvalue weighted by Gasteiger charge is -2.32. The number of aryl methyl sites for hydroxylation is 1. The van der Waals surface area contributed by atoms with E-state index in [1.165, 1.54) is 0 Å². The first kappa shape index (κ1) is 23.6. The Bertz CT molecular complexity index is 1250. The van der Waals surface area contributed by atoms with Gasteiger partial charge in [0.05, 0.1) is 22.6 Å². The maximum absolute atomic E-state index is 14.4. The number of fused-ring (bicyclic) bond motifs is 1. The molecule has 0 radical (unpaired) electrons. The number of hydrogen-bond acceptors (Lipinski definition) is 5. The highest BCUT2D eigenvalue weighted by molar-refractivity contribution is 6.31. The van der Waals surface area contributed by atoms with Crippen molar-refractivity contribution in [2.45, 2.75) is 19.4 Å². The van der Waals surface area contributed by atoms with Gasteiger partial charge in [0.25, 0.3) is 5.91 Å². The fraction of sp³-hybridized carbons (Fsp3) is 0.346. The lowest BCUT2D eigenvalue weighted by Crippen LogP contribution is -2.47. The molecule has 1 saturated heterocycles. The van der Waals surface area contributed by atoms with Crippen LogP contribution in [0.25, 0.3) is 11.3 Å². The molecular weight excluding hydrogens is 472 g/mol. The summed E-state index contributed by atoms with van der Waals surface area (Å²) in [5, 5.41) is -0.207. The summed E-state index contributed by atoms with van der Waals surface area (Å²) < 4.78 is 28.4. The number of hydrogen-bond donors (Lipinski definition) is 0. The number of likely N-dealkylation sites (N-methyl/N-ethyl adjacent to an activating group) is 1. The van der Waals surface area contributed by atoms with Crippen LogP contribution < -0.4 is 4.90 Å². The largest absolute Gasteiger partial charge is 0.351 e. The monoisotopic (exact) mass is 497 g/mol. The van der Waals surface area contributed by atoms with Crippen molar-refractivity contribution in [1.82, 2.24) is 19.8 Å². The molecule has 0 atom stereocenters. The highest BCUT2D eigenvalue weighted by Crippen LogP contribution is 2.31. The number of carbonyl (C=O) groups excluding carboxylic acids is 1. The highest BCUT2D eigenvalue weighted by Gasteiger charge is 2.24. The summed E-state index contributed by atoms with van der Waals surface area (Å²) in [5.41, 5.74) is 3.05. The molecule has 0 spiro atoms. The standard InChI is InChI=1S/C26H26ClF2N5O/c1-32-11-13-33(14-12-32)26(35)18-6-4-17(5-7-18)23-15-30-22-3-2-10-34(25(22)31-23)16-19-20(28)8-9-21(29)24(19)27/h4-9,15H,2-3,10-14,16H2,1H3. The summed E-state index contributed by atoms with van der Waals surface area (Å²) in [5.74, 6) is -0.521. The lowest BCUT2D eigenvalue weighted by atomic mass is 10.1. The van der Waals surface area contributed by atoms with Gasteiger partial charge in [-0.05, 0) is 44.2 Å². The topological polar surface area (TPSA) is 52.6 Å². The second kappa shape index (κ2) is 9.87. The Kier molecular flexibility index (Phi) is 6.67. The zero-order valence-electron chi connectivity index (χ0n) is 19.5. The Labute approximate surface area is 208 Å². The van der Waals surface area contributed by atoms with Crippen molar-refractivity contribution in [2.75, 3.05) is 44.7 Å². The molecule has 182 valence electrons. The number of halogens is 3. The van der Waals surface area contributed by atoms with Crippen molar-refractivity contribution in [3.05, 3.63) is 76.1 Å². The molecule has 9 heteroatoms. The minimum atomic E-state index is -0.647. The lowest BCUT2D eigenvalue weighted by molar-refractivity contribution is 0.0664. The number of carbonyl (C=O) groups is 1. The van der Waals surface area contributed by atoms with Gasteiger partial charge in [-0.2, -0.15) is 0 Å². The molecule has 3 aromatic rings. The van der Waals surface area contributed by atoms with Crippen LogP contribution in [0.1, 0.15) is 28.0 Å². The van der Waals surface area contributed by atoms with E-state index in [1.54, 1.807) is 6.20 Å². The van der Waals surface area contributed by atoms with Crippen LogP contribution in [0.2, 0.25) is 5.02 Å². The van der Waals surface area contributed by atoms with E-state index >= 15 is 0 Å². The van der Waals surface area contributed by atoms with Gasteiger partial charge in [0.15, 0.2) is 5.82 Å². The molecular formula is C26H26ClF2N5O. The first-order chi connectivity index (χ1) is 16.9. The van der Waals surface area contributed by atoms with Crippen LogP contribution in [-0.2, 0) is 13.0 Å². The fourth-order valence-electron chi connectivity index (χ4n) is 4.55. The van der Waals surface area contributed by atoms with E-state index in [0.717, 1.165) is 62.4 Å². The van der Waals surface area contributed by atoms with Crippen molar-refractivity contribution >= 4 is 23.3 Å². The van der Waals surface area contributed by atoms with Crippen LogP contribution in [0, 0.1) is 11.6 Å². The normalized spacial score (nSPS) is 16.3. The summed E-state index contributed by atoms with van der Waals surface area (Å²) in [6, 6.07) is 9.50. The zero-order chi connectivity index (χ0) is 24.5. The summed E-state index contributed by atoms with van der Waals surface area (Å²) in [7, 11) is 2.06. The molecule has 6 nitrogen and oxygen atoms in total. The maximum Gasteiger partial charge on any atom is 0.253 e. The number of piperazine rings is 1. The third-order valence-electron chi connectivity index (χ3n) is 6.67. The second-order valence-electron chi connectivity index (χ2n) is 9.05. The van der Waals surface area contributed by atoms with Gasteiger partial charge in [-0.3, -0.25) is 9.78 Å². The summed E-state index contributed by atoms with van der Waals surface area (Å²) in [4.78, 5) is 28.2. The molecule has 0 unspecified atom stereocenters. The van der Waals surface area contributed by atoms with E-state index in [1.807, 2.05) is 34.1 Å². The van der Waals surface area contributed by atoms with Crippen LogP contribution in [0.5, 0.6) is 0 Å². The van der Waals surface area contributed by atoms with Crippen LogP contribution in [-0.4, -0.2) is 65.4 Å². The molecule has 5 rings (SSSR count). The fourth-order valence-corrected chi connectivity index (χ4v) is 4.76. The summed E-state index contributed by atoms with van der Waals surface area (Å²) >= 11 is 6.06. The van der Waals surface area contributed by atoms with E-state index in [4.69, 9.17) is 16.6 Å². The number of amides is 1. The third kappa shape index (κ3) is 4.86. The van der Waals surface area contributed by atoms with E-state index < -0.39 is 11.6 Å². The molecule has 1 amide bonds. The molecule has 2 aromatic carbocycles. The van der Waals surface area contributed by atoms with Crippen molar-refractivity contribution in [3.63, 3.8) is 0 Å². The van der Waals surface area contributed by atoms with Crippen LogP contribution in [0.15, 0.2) is 42.6 Å². The molecule has 2 aliphatic heterocycles. The van der Waals surface area contributed by atoms with Gasteiger partial charge in [0, 0.05) is 56.0 Å². The van der Waals surface area contributed by atoms with Gasteiger partial charge in [0.2, 0.25) is 0 Å². The Morgan fingerprint density at radius 1 is 1.00 bits per heavy atom. The number of benzene rings is 2. The Hall–Kier alpha value is -3.10. The molecule has 3 heterocycles. The molecule has 2 aliphatic rings. The SMILES string of the molecule is CN1CCN(C(=O)c2ccc(-c3cnc4c(n3)N(Cc3c(F)ccc(F)c3Cl)CCC4)cc2)CC1. The highest BCUT2D eigenvalue weighted by atomic mass is 35.5.